The van der Waals surface area contributed by atoms with Crippen LogP contribution in [0.2, 0.25) is 0 Å². The van der Waals surface area contributed by atoms with Gasteiger partial charge in [0.15, 0.2) is 0 Å². The Morgan fingerprint density at radius 1 is 1.39 bits per heavy atom. The van der Waals surface area contributed by atoms with Crippen LogP contribution in [0, 0.1) is 0 Å². The van der Waals surface area contributed by atoms with Gasteiger partial charge in [-0.05, 0) is 25.0 Å². The number of aromatic amines is 1. The van der Waals surface area contributed by atoms with Crippen molar-refractivity contribution >= 4 is 22.9 Å². The summed E-state index contributed by atoms with van der Waals surface area (Å²) in [6, 6.07) is 8.29. The second-order valence-electron chi connectivity index (χ2n) is 4.62. The van der Waals surface area contributed by atoms with Crippen molar-refractivity contribution < 1.29 is 4.79 Å². The first-order valence-corrected chi connectivity index (χ1v) is 6.29. The fourth-order valence-electron chi connectivity index (χ4n) is 1.86. The third-order valence-electron chi connectivity index (χ3n) is 2.98. The quantitative estimate of drug-likeness (QED) is 0.749. The van der Waals surface area contributed by atoms with Crippen molar-refractivity contribution in [3.05, 3.63) is 24.3 Å². The highest BCUT2D eigenvalue weighted by molar-refractivity contribution is 5.78. The van der Waals surface area contributed by atoms with E-state index in [0.717, 1.165) is 29.8 Å². The molecule has 0 saturated heterocycles. The standard InChI is InChI=1S/C13H16N4O/c18-12(15-9-5-6-9)7-8-14-13-16-10-3-1-2-4-11(10)17-13/h1-4,9H,5-8H2,(H,15,18)(H2,14,16,17). The molecule has 5 nitrogen and oxygen atoms in total. The van der Waals surface area contributed by atoms with Crippen molar-refractivity contribution in [3.63, 3.8) is 0 Å². The molecule has 1 saturated carbocycles. The van der Waals surface area contributed by atoms with E-state index in [9.17, 15) is 4.79 Å². The summed E-state index contributed by atoms with van der Waals surface area (Å²) in [6.45, 7) is 0.596. The second-order valence-corrected chi connectivity index (χ2v) is 4.62. The molecule has 3 N–H and O–H groups in total. The molecule has 0 aliphatic heterocycles. The lowest BCUT2D eigenvalue weighted by atomic mass is 10.3. The van der Waals surface area contributed by atoms with Crippen molar-refractivity contribution in [2.24, 2.45) is 0 Å². The number of hydrogen-bond donors (Lipinski definition) is 3. The molecule has 94 valence electrons. The van der Waals surface area contributed by atoms with Crippen LogP contribution in [0.4, 0.5) is 5.95 Å². The zero-order chi connectivity index (χ0) is 12.4. The summed E-state index contributed by atoms with van der Waals surface area (Å²) < 4.78 is 0. The van der Waals surface area contributed by atoms with Crippen LogP contribution in [0.25, 0.3) is 11.0 Å². The van der Waals surface area contributed by atoms with E-state index < -0.39 is 0 Å². The highest BCUT2D eigenvalue weighted by Crippen LogP contribution is 2.18. The highest BCUT2D eigenvalue weighted by atomic mass is 16.1. The smallest absolute Gasteiger partial charge is 0.221 e. The van der Waals surface area contributed by atoms with Crippen LogP contribution in [-0.2, 0) is 4.79 Å². The van der Waals surface area contributed by atoms with Crippen LogP contribution in [-0.4, -0.2) is 28.5 Å². The summed E-state index contributed by atoms with van der Waals surface area (Å²) in [6.07, 6.45) is 2.74. The Morgan fingerprint density at radius 3 is 3.00 bits per heavy atom. The lowest BCUT2D eigenvalue weighted by Crippen LogP contribution is -2.27. The van der Waals surface area contributed by atoms with Crippen molar-refractivity contribution in [3.8, 4) is 0 Å². The van der Waals surface area contributed by atoms with Gasteiger partial charge >= 0.3 is 0 Å². The van der Waals surface area contributed by atoms with Gasteiger partial charge in [0.05, 0.1) is 11.0 Å². The number of hydrogen-bond acceptors (Lipinski definition) is 3. The van der Waals surface area contributed by atoms with Gasteiger partial charge in [-0.3, -0.25) is 4.79 Å². The van der Waals surface area contributed by atoms with E-state index in [1.165, 1.54) is 0 Å². The van der Waals surface area contributed by atoms with Gasteiger partial charge < -0.3 is 15.6 Å². The Balaban J connectivity index is 1.51. The number of nitrogens with zero attached hydrogens (tertiary/aromatic N) is 1. The Bertz CT molecular complexity index is 526. The average Bonchev–Trinajstić information content (AvgIpc) is 3.07. The first-order valence-electron chi connectivity index (χ1n) is 6.29. The minimum Gasteiger partial charge on any atom is -0.355 e. The number of fused-ring (bicyclic) bond motifs is 1. The van der Waals surface area contributed by atoms with Gasteiger partial charge in [-0.15, -0.1) is 0 Å². The number of para-hydroxylation sites is 2. The molecule has 18 heavy (non-hydrogen) atoms. The van der Waals surface area contributed by atoms with E-state index in [0.29, 0.717) is 19.0 Å². The van der Waals surface area contributed by atoms with Gasteiger partial charge in [0.2, 0.25) is 11.9 Å². The van der Waals surface area contributed by atoms with Gasteiger partial charge in [-0.25, -0.2) is 4.98 Å². The van der Waals surface area contributed by atoms with E-state index >= 15 is 0 Å². The maximum Gasteiger partial charge on any atom is 0.221 e. The van der Waals surface area contributed by atoms with E-state index in [1.807, 2.05) is 24.3 Å². The third kappa shape index (κ3) is 2.61. The van der Waals surface area contributed by atoms with E-state index in [1.54, 1.807) is 0 Å². The summed E-state index contributed by atoms with van der Waals surface area (Å²) in [7, 11) is 0. The number of aromatic nitrogens is 2. The number of H-pyrrole nitrogens is 1. The first-order chi connectivity index (χ1) is 8.81. The normalized spacial score (nSPS) is 14.7. The first kappa shape index (κ1) is 11.1. The van der Waals surface area contributed by atoms with Crippen LogP contribution >= 0.6 is 0 Å². The van der Waals surface area contributed by atoms with Gasteiger partial charge in [-0.2, -0.15) is 0 Å². The second kappa shape index (κ2) is 4.68. The summed E-state index contributed by atoms with van der Waals surface area (Å²) in [5.74, 6) is 0.830. The number of imidazole rings is 1. The van der Waals surface area contributed by atoms with Gasteiger partial charge in [0.1, 0.15) is 0 Å². The van der Waals surface area contributed by atoms with Crippen LogP contribution in [0.3, 0.4) is 0 Å². The maximum atomic E-state index is 11.5. The molecule has 2 aromatic rings. The number of nitrogens with one attached hydrogen (secondary N) is 3. The molecule has 0 spiro atoms. The SMILES string of the molecule is O=C(CCNc1nc2ccccc2[nH]1)NC1CC1. The van der Waals surface area contributed by atoms with Crippen molar-refractivity contribution in [2.45, 2.75) is 25.3 Å². The Labute approximate surface area is 105 Å². The fraction of sp³-hybridized carbons (Fsp3) is 0.385. The minimum absolute atomic E-state index is 0.112. The molecule has 0 atom stereocenters. The molecule has 5 heteroatoms. The molecular formula is C13H16N4O. The predicted octanol–water partition coefficient (Wildman–Crippen LogP) is 1.64. The highest BCUT2D eigenvalue weighted by Gasteiger charge is 2.22. The zero-order valence-electron chi connectivity index (χ0n) is 10.1. The van der Waals surface area contributed by atoms with E-state index in [2.05, 4.69) is 20.6 Å². The predicted molar refractivity (Wildman–Crippen MR) is 70.4 cm³/mol. The molecule has 1 aromatic carbocycles. The van der Waals surface area contributed by atoms with Gasteiger partial charge in [0, 0.05) is 19.0 Å². The molecule has 1 amide bonds. The number of carbonyl (C=O) groups excluding carboxylic acids is 1. The molecule has 1 aromatic heterocycles. The number of rotatable bonds is 5. The van der Waals surface area contributed by atoms with Crippen LogP contribution < -0.4 is 10.6 Å². The lowest BCUT2D eigenvalue weighted by Gasteiger charge is -2.03. The summed E-state index contributed by atoms with van der Waals surface area (Å²) >= 11 is 0. The molecule has 1 heterocycles. The van der Waals surface area contributed by atoms with Crippen molar-refractivity contribution in [1.29, 1.82) is 0 Å². The van der Waals surface area contributed by atoms with E-state index in [4.69, 9.17) is 0 Å². The van der Waals surface area contributed by atoms with Gasteiger partial charge in [0.25, 0.3) is 0 Å². The molecule has 0 unspecified atom stereocenters. The average molecular weight is 244 g/mol. The Morgan fingerprint density at radius 2 is 2.22 bits per heavy atom. The van der Waals surface area contributed by atoms with Gasteiger partial charge in [-0.1, -0.05) is 12.1 Å². The molecule has 1 fully saturated rings. The monoisotopic (exact) mass is 244 g/mol. The molecule has 0 radical (unpaired) electrons. The molecule has 1 aliphatic rings. The zero-order valence-corrected chi connectivity index (χ0v) is 10.1. The number of amides is 1. The molecule has 0 bridgehead atoms. The number of anilines is 1. The molecular weight excluding hydrogens is 228 g/mol. The lowest BCUT2D eigenvalue weighted by molar-refractivity contribution is -0.120. The maximum absolute atomic E-state index is 11.5. The number of carbonyl (C=O) groups is 1. The largest absolute Gasteiger partial charge is 0.355 e. The summed E-state index contributed by atoms with van der Waals surface area (Å²) in [5, 5.41) is 6.09. The van der Waals surface area contributed by atoms with E-state index in [-0.39, 0.29) is 5.91 Å². The number of benzene rings is 1. The van der Waals surface area contributed by atoms with Crippen molar-refractivity contribution in [1.82, 2.24) is 15.3 Å². The Hall–Kier alpha value is -2.04. The van der Waals surface area contributed by atoms with Crippen LogP contribution in [0.1, 0.15) is 19.3 Å². The minimum atomic E-state index is 0.112. The van der Waals surface area contributed by atoms with Crippen LogP contribution in [0.5, 0.6) is 0 Å². The fourth-order valence-corrected chi connectivity index (χ4v) is 1.86. The van der Waals surface area contributed by atoms with Crippen LogP contribution in [0.15, 0.2) is 24.3 Å². The summed E-state index contributed by atoms with van der Waals surface area (Å²) in [4.78, 5) is 19.0. The summed E-state index contributed by atoms with van der Waals surface area (Å²) in [5.41, 5.74) is 1.94. The topological polar surface area (TPSA) is 69.8 Å². The van der Waals surface area contributed by atoms with Crippen molar-refractivity contribution in [2.75, 3.05) is 11.9 Å². The molecule has 3 rings (SSSR count). The Kier molecular flexibility index (Phi) is 2.88. The third-order valence-corrected chi connectivity index (χ3v) is 2.98. The molecule has 1 aliphatic carbocycles.